The zero-order valence-electron chi connectivity index (χ0n) is 16.8. The van der Waals surface area contributed by atoms with Crippen molar-refractivity contribution in [2.24, 2.45) is 0 Å². The summed E-state index contributed by atoms with van der Waals surface area (Å²) in [5.41, 5.74) is 1.62. The molecule has 0 bridgehead atoms. The van der Waals surface area contributed by atoms with Gasteiger partial charge in [0.15, 0.2) is 4.32 Å². The van der Waals surface area contributed by atoms with E-state index in [1.54, 1.807) is 4.90 Å². The summed E-state index contributed by atoms with van der Waals surface area (Å²) < 4.78 is 11.8. The Morgan fingerprint density at radius 2 is 1.70 bits per heavy atom. The number of benzene rings is 3. The van der Waals surface area contributed by atoms with E-state index in [4.69, 9.17) is 21.7 Å². The first-order valence-electron chi connectivity index (χ1n) is 9.77. The average Bonchev–Trinajstić information content (AvgIpc) is 3.04. The van der Waals surface area contributed by atoms with Crippen LogP contribution in [0.3, 0.4) is 0 Å². The number of hydrogen-bond donors (Lipinski definition) is 0. The second-order valence-corrected chi connectivity index (χ2v) is 8.25. The molecule has 0 radical (unpaired) electrons. The number of thioether (sulfide) groups is 1. The van der Waals surface area contributed by atoms with Gasteiger partial charge in [-0.1, -0.05) is 54.3 Å². The van der Waals surface area contributed by atoms with Crippen molar-refractivity contribution in [2.75, 3.05) is 18.1 Å². The highest BCUT2D eigenvalue weighted by atomic mass is 32.2. The molecular formula is C24H21NO3S2. The lowest BCUT2D eigenvalue weighted by Crippen LogP contribution is -2.27. The first kappa shape index (κ1) is 20.4. The molecule has 4 rings (SSSR count). The smallest absolute Gasteiger partial charge is 0.270 e. The van der Waals surface area contributed by atoms with E-state index in [-0.39, 0.29) is 5.91 Å². The van der Waals surface area contributed by atoms with Crippen molar-refractivity contribution in [3.8, 4) is 11.5 Å². The molecule has 3 aromatic rings. The number of carbonyl (C=O) groups excluding carboxylic acids is 1. The molecule has 30 heavy (non-hydrogen) atoms. The minimum Gasteiger partial charge on any atom is -0.494 e. The van der Waals surface area contributed by atoms with Gasteiger partial charge in [-0.2, -0.15) is 0 Å². The molecule has 0 saturated carbocycles. The van der Waals surface area contributed by atoms with E-state index in [0.29, 0.717) is 22.4 Å². The van der Waals surface area contributed by atoms with Crippen LogP contribution in [0.15, 0.2) is 65.6 Å². The van der Waals surface area contributed by atoms with Crippen LogP contribution in [0.25, 0.3) is 16.8 Å². The van der Waals surface area contributed by atoms with Crippen LogP contribution in [-0.4, -0.2) is 23.4 Å². The Kier molecular flexibility index (Phi) is 6.06. The van der Waals surface area contributed by atoms with Crippen molar-refractivity contribution < 1.29 is 14.3 Å². The first-order chi connectivity index (χ1) is 14.6. The minimum atomic E-state index is -0.135. The topological polar surface area (TPSA) is 38.8 Å². The van der Waals surface area contributed by atoms with Gasteiger partial charge in [0.2, 0.25) is 0 Å². The molecule has 0 unspecified atom stereocenters. The van der Waals surface area contributed by atoms with Crippen molar-refractivity contribution in [1.29, 1.82) is 0 Å². The Morgan fingerprint density at radius 3 is 2.43 bits per heavy atom. The molecule has 1 amide bonds. The largest absolute Gasteiger partial charge is 0.494 e. The Hall–Kier alpha value is -2.83. The third kappa shape index (κ3) is 3.93. The molecule has 152 valence electrons. The zero-order valence-corrected chi connectivity index (χ0v) is 18.4. The summed E-state index contributed by atoms with van der Waals surface area (Å²) in [5, 5.41) is 2.13. The fourth-order valence-corrected chi connectivity index (χ4v) is 4.67. The predicted octanol–water partition coefficient (Wildman–Crippen LogP) is 6.04. The molecule has 6 heteroatoms. The van der Waals surface area contributed by atoms with Gasteiger partial charge in [0, 0.05) is 5.56 Å². The van der Waals surface area contributed by atoms with Gasteiger partial charge < -0.3 is 9.47 Å². The summed E-state index contributed by atoms with van der Waals surface area (Å²) in [6.45, 7) is 5.03. The first-order valence-corrected chi connectivity index (χ1v) is 11.0. The summed E-state index contributed by atoms with van der Waals surface area (Å²) in [5.74, 6) is 1.38. The molecule has 0 N–H and O–H groups in total. The van der Waals surface area contributed by atoms with Crippen LogP contribution in [0, 0.1) is 0 Å². The van der Waals surface area contributed by atoms with Crippen molar-refractivity contribution >= 4 is 56.7 Å². The normalized spacial score (nSPS) is 15.3. The molecule has 1 fully saturated rings. The number of anilines is 1. The molecule has 1 aliphatic heterocycles. The monoisotopic (exact) mass is 435 g/mol. The number of carbonyl (C=O) groups is 1. The Labute approximate surface area is 185 Å². The van der Waals surface area contributed by atoms with Crippen LogP contribution >= 0.6 is 24.0 Å². The van der Waals surface area contributed by atoms with Crippen molar-refractivity contribution in [3.63, 3.8) is 0 Å². The number of rotatable bonds is 6. The second-order valence-electron chi connectivity index (χ2n) is 6.58. The Balaban J connectivity index is 1.72. The predicted molar refractivity (Wildman–Crippen MR) is 128 cm³/mol. The van der Waals surface area contributed by atoms with Crippen LogP contribution < -0.4 is 14.4 Å². The van der Waals surface area contributed by atoms with Gasteiger partial charge >= 0.3 is 0 Å². The number of fused-ring (bicyclic) bond motifs is 1. The standard InChI is InChI=1S/C24H21NO3S2/c1-3-27-18-12-10-17(11-13-18)25-23(26)22(30-24(25)29)15-20-19-8-6-5-7-16(19)9-14-21(20)28-4-2/h5-15H,3-4H2,1-2H3/b22-15+. The van der Waals surface area contributed by atoms with Crippen LogP contribution in [0.5, 0.6) is 11.5 Å². The third-order valence-electron chi connectivity index (χ3n) is 4.71. The fraction of sp³-hybridized carbons (Fsp3) is 0.167. The van der Waals surface area contributed by atoms with Gasteiger partial charge in [-0.05, 0) is 61.0 Å². The maximum Gasteiger partial charge on any atom is 0.270 e. The van der Waals surface area contributed by atoms with Crippen LogP contribution in [-0.2, 0) is 4.79 Å². The fourth-order valence-electron chi connectivity index (χ4n) is 3.39. The molecule has 1 aliphatic rings. The van der Waals surface area contributed by atoms with Crippen molar-refractivity contribution in [3.05, 3.63) is 71.1 Å². The van der Waals surface area contributed by atoms with Gasteiger partial charge in [-0.25, -0.2) is 0 Å². The van der Waals surface area contributed by atoms with E-state index in [0.717, 1.165) is 33.5 Å². The maximum atomic E-state index is 13.2. The van der Waals surface area contributed by atoms with Crippen LogP contribution in [0.2, 0.25) is 0 Å². The molecule has 1 saturated heterocycles. The lowest BCUT2D eigenvalue weighted by atomic mass is 10.0. The van der Waals surface area contributed by atoms with Crippen molar-refractivity contribution in [2.45, 2.75) is 13.8 Å². The Bertz CT molecular complexity index is 1140. The van der Waals surface area contributed by atoms with E-state index >= 15 is 0 Å². The molecule has 4 nitrogen and oxygen atoms in total. The zero-order chi connectivity index (χ0) is 21.1. The summed E-state index contributed by atoms with van der Waals surface area (Å²) in [7, 11) is 0. The number of hydrogen-bond acceptors (Lipinski definition) is 5. The van der Waals surface area contributed by atoms with E-state index < -0.39 is 0 Å². The highest BCUT2D eigenvalue weighted by Crippen LogP contribution is 2.39. The number of nitrogens with zero attached hydrogens (tertiary/aromatic N) is 1. The molecule has 0 spiro atoms. The summed E-state index contributed by atoms with van der Waals surface area (Å²) in [6, 6.07) is 19.4. The highest BCUT2D eigenvalue weighted by Gasteiger charge is 2.33. The van der Waals surface area contributed by atoms with E-state index in [9.17, 15) is 4.79 Å². The van der Waals surface area contributed by atoms with Gasteiger partial charge in [-0.3, -0.25) is 9.69 Å². The maximum absolute atomic E-state index is 13.2. The van der Waals surface area contributed by atoms with Crippen LogP contribution in [0.1, 0.15) is 19.4 Å². The SMILES string of the molecule is CCOc1ccc(N2C(=O)/C(=C\c3c(OCC)ccc4ccccc34)SC2=S)cc1. The van der Waals surface area contributed by atoms with Gasteiger partial charge in [0.05, 0.1) is 23.8 Å². The number of thiocarbonyl (C=S) groups is 1. The number of amides is 1. The van der Waals surface area contributed by atoms with Crippen LogP contribution in [0.4, 0.5) is 5.69 Å². The highest BCUT2D eigenvalue weighted by molar-refractivity contribution is 8.27. The quantitative estimate of drug-likeness (QED) is 0.348. The van der Waals surface area contributed by atoms with E-state index in [1.165, 1.54) is 11.8 Å². The lowest BCUT2D eigenvalue weighted by Gasteiger charge is -2.15. The molecular weight excluding hydrogens is 414 g/mol. The third-order valence-corrected chi connectivity index (χ3v) is 6.01. The van der Waals surface area contributed by atoms with E-state index in [2.05, 4.69) is 0 Å². The summed E-state index contributed by atoms with van der Waals surface area (Å²) in [4.78, 5) is 15.4. The van der Waals surface area contributed by atoms with E-state index in [1.807, 2.05) is 80.6 Å². The Morgan fingerprint density at radius 1 is 0.967 bits per heavy atom. The van der Waals surface area contributed by atoms with Gasteiger partial charge in [0.25, 0.3) is 5.91 Å². The van der Waals surface area contributed by atoms with Crippen molar-refractivity contribution in [1.82, 2.24) is 0 Å². The summed E-state index contributed by atoms with van der Waals surface area (Å²) in [6.07, 6.45) is 1.89. The minimum absolute atomic E-state index is 0.135. The summed E-state index contributed by atoms with van der Waals surface area (Å²) >= 11 is 6.82. The molecule has 0 atom stereocenters. The average molecular weight is 436 g/mol. The number of ether oxygens (including phenoxy) is 2. The molecule has 0 aliphatic carbocycles. The molecule has 1 heterocycles. The lowest BCUT2D eigenvalue weighted by molar-refractivity contribution is -0.113. The second kappa shape index (κ2) is 8.90. The molecule has 0 aromatic heterocycles. The van der Waals surface area contributed by atoms with Gasteiger partial charge in [-0.15, -0.1) is 0 Å². The molecule has 3 aromatic carbocycles. The van der Waals surface area contributed by atoms with Gasteiger partial charge in [0.1, 0.15) is 11.5 Å².